The van der Waals surface area contributed by atoms with Gasteiger partial charge < -0.3 is 0 Å². The van der Waals surface area contributed by atoms with Gasteiger partial charge in [0.2, 0.25) is 0 Å². The average Bonchev–Trinajstić information content (AvgIpc) is 2.58. The summed E-state index contributed by atoms with van der Waals surface area (Å²) in [5.41, 5.74) is 3.62. The van der Waals surface area contributed by atoms with Crippen molar-refractivity contribution in [1.82, 2.24) is 0 Å². The highest BCUT2D eigenvalue weighted by Crippen LogP contribution is 2.28. The largest absolute Gasteiger partial charge is 0.522 e. The van der Waals surface area contributed by atoms with Crippen molar-refractivity contribution < 1.29 is 0 Å². The molecule has 2 aliphatic carbocycles. The zero-order valence-corrected chi connectivity index (χ0v) is 11.7. The first-order chi connectivity index (χ1) is 10.7. The molecule has 2 rings (SSSR count). The van der Waals surface area contributed by atoms with Crippen LogP contribution < -0.4 is 0 Å². The summed E-state index contributed by atoms with van der Waals surface area (Å²) in [7, 11) is 0. The van der Waals surface area contributed by atoms with Gasteiger partial charge in [-0.25, -0.2) is 0 Å². The molecule has 0 N–H and O–H groups in total. The Bertz CT molecular complexity index is 754. The Morgan fingerprint density at radius 1 is 0.864 bits per heavy atom. The molecule has 0 saturated carbocycles. The first-order valence-corrected chi connectivity index (χ1v) is 6.51. The van der Waals surface area contributed by atoms with Crippen LogP contribution in [0.15, 0.2) is 70.1 Å². The molecule has 0 aromatic heterocycles. The maximum absolute atomic E-state index is 8.86. The molecule has 22 heavy (non-hydrogen) atoms. The maximum atomic E-state index is 8.86. The van der Waals surface area contributed by atoms with E-state index in [4.69, 9.17) is 23.7 Å². The van der Waals surface area contributed by atoms with Crippen LogP contribution in [0.1, 0.15) is 12.8 Å². The van der Waals surface area contributed by atoms with Gasteiger partial charge in [0.05, 0.1) is 0 Å². The molecule has 4 heteroatoms. The van der Waals surface area contributed by atoms with E-state index in [0.29, 0.717) is 12.8 Å². The number of nitrogens with zero attached hydrogens (tertiary/aromatic N) is 4. The lowest BCUT2D eigenvalue weighted by Crippen LogP contribution is -1.96. The summed E-state index contributed by atoms with van der Waals surface area (Å²) >= 11 is 0. The van der Waals surface area contributed by atoms with Gasteiger partial charge in [-0.15, -0.1) is 0 Å². The Hall–Kier alpha value is -3.60. The first kappa shape index (κ1) is 14.8. The molecule has 0 spiro atoms. The lowest BCUT2D eigenvalue weighted by molar-refractivity contribution is 1.17. The number of rotatable bonds is 1. The van der Waals surface area contributed by atoms with E-state index in [-0.39, 0.29) is 11.4 Å². The molecule has 0 atom stereocenters. The fourth-order valence-electron chi connectivity index (χ4n) is 2.21. The van der Waals surface area contributed by atoms with Gasteiger partial charge in [0.1, 0.15) is 30.9 Å². The Morgan fingerprint density at radius 3 is 1.73 bits per heavy atom. The average molecular weight is 282 g/mol. The highest BCUT2D eigenvalue weighted by molar-refractivity contribution is 5.57. The zero-order valence-electron chi connectivity index (χ0n) is 11.7. The molecule has 0 fully saturated rings. The summed E-state index contributed by atoms with van der Waals surface area (Å²) in [4.78, 5) is 6.43. The van der Waals surface area contributed by atoms with Gasteiger partial charge in [-0.05, 0) is 29.6 Å². The number of hydrogen-bond acceptors (Lipinski definition) is 2. The highest BCUT2D eigenvalue weighted by atomic mass is 14.9. The molecular weight excluding hydrogens is 272 g/mol. The smallest absolute Gasteiger partial charge is 0.192 e. The van der Waals surface area contributed by atoms with E-state index in [1.807, 2.05) is 36.4 Å². The molecule has 102 valence electrons. The SMILES string of the molecule is [C-]#[N+]C([N+]#[C-])=C1C=CC(C2=CCC(=C(C#N)C#N)C=C2)=CC1. The predicted octanol–water partition coefficient (Wildman–Crippen LogP) is 4.15. The number of allylic oxidation sites excluding steroid dienone is 11. The molecule has 0 aliphatic heterocycles. The van der Waals surface area contributed by atoms with E-state index < -0.39 is 0 Å². The Morgan fingerprint density at radius 2 is 1.36 bits per heavy atom. The standard InChI is InChI=1S/C18H10N4/c1-21-18(22-2)16-9-7-14(8-10-16)13-3-5-15(6-4-13)17(11-19)12-20/h3-5,7-9H,6,10H2. The topological polar surface area (TPSA) is 56.3 Å². The third-order valence-electron chi connectivity index (χ3n) is 3.39. The molecule has 0 radical (unpaired) electrons. The molecular formula is C18H10N4. The van der Waals surface area contributed by atoms with E-state index in [9.17, 15) is 0 Å². The van der Waals surface area contributed by atoms with Crippen LogP contribution in [-0.2, 0) is 0 Å². The third-order valence-corrected chi connectivity index (χ3v) is 3.39. The number of hydrogen-bond donors (Lipinski definition) is 0. The van der Waals surface area contributed by atoms with E-state index in [1.54, 1.807) is 12.2 Å². The quantitative estimate of drug-likeness (QED) is 0.535. The third kappa shape index (κ3) is 2.94. The summed E-state index contributed by atoms with van der Waals surface area (Å²) in [5, 5.41) is 17.7. The monoisotopic (exact) mass is 282 g/mol. The van der Waals surface area contributed by atoms with Crippen LogP contribution in [0.4, 0.5) is 0 Å². The van der Waals surface area contributed by atoms with Crippen LogP contribution in [0.3, 0.4) is 0 Å². The fraction of sp³-hybridized carbons (Fsp3) is 0.111. The van der Waals surface area contributed by atoms with Crippen molar-refractivity contribution in [2.75, 3.05) is 0 Å². The lowest BCUT2D eigenvalue weighted by Gasteiger charge is -2.13. The van der Waals surface area contributed by atoms with Crippen molar-refractivity contribution >= 4 is 0 Å². The van der Waals surface area contributed by atoms with Gasteiger partial charge in [0, 0.05) is 5.57 Å². The fourth-order valence-corrected chi connectivity index (χ4v) is 2.21. The van der Waals surface area contributed by atoms with Crippen molar-refractivity contribution in [2.45, 2.75) is 12.8 Å². The predicted molar refractivity (Wildman–Crippen MR) is 82.2 cm³/mol. The van der Waals surface area contributed by atoms with Crippen LogP contribution in [0.25, 0.3) is 9.69 Å². The summed E-state index contributed by atoms with van der Waals surface area (Å²) < 4.78 is 0. The van der Waals surface area contributed by atoms with Crippen molar-refractivity contribution in [3.8, 4) is 12.1 Å². The van der Waals surface area contributed by atoms with Gasteiger partial charge in [-0.3, -0.25) is 0 Å². The normalized spacial score (nSPS) is 15.6. The Balaban J connectivity index is 2.20. The van der Waals surface area contributed by atoms with Gasteiger partial charge in [-0.2, -0.15) is 20.2 Å². The molecule has 0 aromatic carbocycles. The van der Waals surface area contributed by atoms with Gasteiger partial charge >= 0.3 is 5.82 Å². The van der Waals surface area contributed by atoms with Gasteiger partial charge in [-0.1, -0.05) is 36.5 Å². The van der Waals surface area contributed by atoms with Crippen LogP contribution in [0.5, 0.6) is 0 Å². The highest BCUT2D eigenvalue weighted by Gasteiger charge is 2.15. The Labute approximate surface area is 129 Å². The summed E-state index contributed by atoms with van der Waals surface area (Å²) in [6.07, 6.45) is 12.4. The Kier molecular flexibility index (Phi) is 4.52. The van der Waals surface area contributed by atoms with E-state index in [2.05, 4.69) is 9.69 Å². The molecule has 0 unspecified atom stereocenters. The van der Waals surface area contributed by atoms with Crippen LogP contribution >= 0.6 is 0 Å². The van der Waals surface area contributed by atoms with E-state index in [0.717, 1.165) is 22.3 Å². The molecule has 0 saturated heterocycles. The molecule has 4 nitrogen and oxygen atoms in total. The van der Waals surface area contributed by atoms with Crippen LogP contribution in [0.2, 0.25) is 0 Å². The second-order valence-electron chi connectivity index (χ2n) is 4.59. The zero-order chi connectivity index (χ0) is 15.9. The molecule has 2 aliphatic rings. The van der Waals surface area contributed by atoms with Gasteiger partial charge in [0.25, 0.3) is 0 Å². The summed E-state index contributed by atoms with van der Waals surface area (Å²) in [6, 6.07) is 3.79. The lowest BCUT2D eigenvalue weighted by atomic mass is 9.91. The minimum Gasteiger partial charge on any atom is -0.192 e. The second-order valence-corrected chi connectivity index (χ2v) is 4.59. The molecule has 0 amide bonds. The van der Waals surface area contributed by atoms with Crippen molar-refractivity contribution in [2.24, 2.45) is 0 Å². The minimum atomic E-state index is 0.109. The van der Waals surface area contributed by atoms with Crippen LogP contribution in [0, 0.1) is 35.8 Å². The van der Waals surface area contributed by atoms with Crippen molar-refractivity contribution in [3.63, 3.8) is 0 Å². The van der Waals surface area contributed by atoms with Crippen molar-refractivity contribution in [3.05, 3.63) is 93.0 Å². The van der Waals surface area contributed by atoms with E-state index in [1.165, 1.54) is 0 Å². The summed E-state index contributed by atoms with van der Waals surface area (Å²) in [5.74, 6) is 0.109. The van der Waals surface area contributed by atoms with E-state index >= 15 is 0 Å². The molecule has 0 bridgehead atoms. The summed E-state index contributed by atoms with van der Waals surface area (Å²) in [6.45, 7) is 13.9. The van der Waals surface area contributed by atoms with Crippen LogP contribution in [-0.4, -0.2) is 0 Å². The first-order valence-electron chi connectivity index (χ1n) is 6.51. The maximum Gasteiger partial charge on any atom is 0.522 e. The van der Waals surface area contributed by atoms with Crippen molar-refractivity contribution in [1.29, 1.82) is 10.5 Å². The molecule has 0 aromatic rings. The minimum absolute atomic E-state index is 0.109. The second kappa shape index (κ2) is 6.71. The number of nitriles is 2. The van der Waals surface area contributed by atoms with Gasteiger partial charge in [0.15, 0.2) is 0 Å². The molecule has 0 heterocycles.